The summed E-state index contributed by atoms with van der Waals surface area (Å²) in [6.45, 7) is 14.3. The van der Waals surface area contributed by atoms with E-state index in [9.17, 15) is 0 Å². The monoisotopic (exact) mass is 356 g/mol. The third kappa shape index (κ3) is 3.20. The first-order valence-corrected chi connectivity index (χ1v) is 8.72. The Bertz CT molecular complexity index is 503. The number of nitrogens with one attached hydrogen (secondary N) is 1. The van der Waals surface area contributed by atoms with Gasteiger partial charge in [0.1, 0.15) is 0 Å². The van der Waals surface area contributed by atoms with E-state index in [0.29, 0.717) is 0 Å². The number of hydrogen-bond acceptors (Lipinski definition) is 3. The van der Waals surface area contributed by atoms with Gasteiger partial charge >= 0.3 is 0 Å². The first kappa shape index (κ1) is 17.0. The number of nitrogens with zero attached hydrogens (tertiary/aromatic N) is 3. The second-order valence-corrected chi connectivity index (χ2v) is 7.79. The molecule has 4 nitrogen and oxygen atoms in total. The van der Waals surface area contributed by atoms with Crippen LogP contribution in [-0.2, 0) is 13.6 Å². The normalized spacial score (nSPS) is 21.7. The summed E-state index contributed by atoms with van der Waals surface area (Å²) in [7, 11) is 2.04. The average Bonchev–Trinajstić information content (AvgIpc) is 2.66. The van der Waals surface area contributed by atoms with Crippen LogP contribution in [0.3, 0.4) is 0 Å². The second kappa shape index (κ2) is 6.01. The van der Waals surface area contributed by atoms with Crippen LogP contribution in [0.2, 0.25) is 0 Å². The standard InChI is InChI=1S/C16H29BrN4/c1-7-16(8-2)10-18-15(4,5)11-21(16)9-13-14(17)12(3)19-20(13)6/h18H,7-11H2,1-6H3. The van der Waals surface area contributed by atoms with Crippen LogP contribution in [-0.4, -0.2) is 38.8 Å². The molecule has 0 saturated carbocycles. The summed E-state index contributed by atoms with van der Waals surface area (Å²) in [6, 6.07) is 0. The number of aromatic nitrogens is 2. The first-order valence-electron chi connectivity index (χ1n) is 7.93. The van der Waals surface area contributed by atoms with Crippen molar-refractivity contribution in [3.8, 4) is 0 Å². The lowest BCUT2D eigenvalue weighted by Crippen LogP contribution is -2.67. The highest BCUT2D eigenvalue weighted by Gasteiger charge is 2.42. The van der Waals surface area contributed by atoms with Crippen molar-refractivity contribution < 1.29 is 0 Å². The molecule has 0 bridgehead atoms. The van der Waals surface area contributed by atoms with Gasteiger partial charge in [-0.2, -0.15) is 5.10 Å². The van der Waals surface area contributed by atoms with Gasteiger partial charge in [0.15, 0.2) is 0 Å². The van der Waals surface area contributed by atoms with E-state index < -0.39 is 0 Å². The molecule has 0 aliphatic carbocycles. The van der Waals surface area contributed by atoms with Crippen molar-refractivity contribution in [2.45, 2.75) is 65.1 Å². The highest BCUT2D eigenvalue weighted by atomic mass is 79.9. The number of hydrogen-bond donors (Lipinski definition) is 1. The van der Waals surface area contributed by atoms with E-state index in [0.717, 1.165) is 29.8 Å². The predicted octanol–water partition coefficient (Wildman–Crippen LogP) is 3.23. The van der Waals surface area contributed by atoms with E-state index >= 15 is 0 Å². The molecule has 0 aromatic carbocycles. The van der Waals surface area contributed by atoms with Crippen LogP contribution >= 0.6 is 15.9 Å². The summed E-state index contributed by atoms with van der Waals surface area (Å²) in [6.07, 6.45) is 2.34. The van der Waals surface area contributed by atoms with Crippen molar-refractivity contribution >= 4 is 15.9 Å². The summed E-state index contributed by atoms with van der Waals surface area (Å²) in [5, 5.41) is 8.26. The van der Waals surface area contributed by atoms with Crippen molar-refractivity contribution in [3.05, 3.63) is 15.9 Å². The molecule has 0 atom stereocenters. The summed E-state index contributed by atoms with van der Waals surface area (Å²) in [4.78, 5) is 2.66. The van der Waals surface area contributed by atoms with Crippen molar-refractivity contribution in [2.75, 3.05) is 13.1 Å². The van der Waals surface area contributed by atoms with Gasteiger partial charge in [-0.15, -0.1) is 0 Å². The number of aryl methyl sites for hydroxylation is 2. The van der Waals surface area contributed by atoms with E-state index in [1.54, 1.807) is 0 Å². The predicted molar refractivity (Wildman–Crippen MR) is 91.4 cm³/mol. The minimum Gasteiger partial charge on any atom is -0.309 e. The molecule has 1 fully saturated rings. The molecule has 1 N–H and O–H groups in total. The summed E-state index contributed by atoms with van der Waals surface area (Å²) in [5.41, 5.74) is 2.75. The molecular weight excluding hydrogens is 328 g/mol. The van der Waals surface area contributed by atoms with Gasteiger partial charge in [-0.05, 0) is 49.5 Å². The van der Waals surface area contributed by atoms with Gasteiger partial charge in [-0.1, -0.05) is 13.8 Å². The second-order valence-electron chi connectivity index (χ2n) is 6.99. The molecule has 1 aliphatic rings. The van der Waals surface area contributed by atoms with Crippen molar-refractivity contribution in [1.29, 1.82) is 0 Å². The lowest BCUT2D eigenvalue weighted by Gasteiger charge is -2.52. The zero-order valence-corrected chi connectivity index (χ0v) is 15.8. The number of piperazine rings is 1. The van der Waals surface area contributed by atoms with Gasteiger partial charge in [0.25, 0.3) is 0 Å². The number of halogens is 1. The third-order valence-electron chi connectivity index (χ3n) is 5.07. The molecular formula is C16H29BrN4. The highest BCUT2D eigenvalue weighted by molar-refractivity contribution is 9.10. The van der Waals surface area contributed by atoms with Gasteiger partial charge < -0.3 is 5.32 Å². The van der Waals surface area contributed by atoms with Crippen LogP contribution in [0.1, 0.15) is 51.9 Å². The Labute approximate surface area is 137 Å². The molecule has 1 aliphatic heterocycles. The topological polar surface area (TPSA) is 33.1 Å². The molecule has 120 valence electrons. The molecule has 0 spiro atoms. The third-order valence-corrected chi connectivity index (χ3v) is 6.10. The largest absolute Gasteiger partial charge is 0.309 e. The van der Waals surface area contributed by atoms with Crippen LogP contribution in [0, 0.1) is 6.92 Å². The van der Waals surface area contributed by atoms with Crippen molar-refractivity contribution in [3.63, 3.8) is 0 Å². The highest BCUT2D eigenvalue weighted by Crippen LogP contribution is 2.33. The van der Waals surface area contributed by atoms with Gasteiger partial charge in [0.2, 0.25) is 0 Å². The molecule has 5 heteroatoms. The van der Waals surface area contributed by atoms with Crippen LogP contribution in [0.25, 0.3) is 0 Å². The first-order chi connectivity index (χ1) is 9.74. The summed E-state index contributed by atoms with van der Waals surface area (Å²) < 4.78 is 3.17. The van der Waals surface area contributed by atoms with E-state index in [1.165, 1.54) is 18.5 Å². The SMILES string of the molecule is CCC1(CC)CNC(C)(C)CN1Cc1c(Br)c(C)nn1C. The smallest absolute Gasteiger partial charge is 0.0739 e. The minimum absolute atomic E-state index is 0.161. The quantitative estimate of drug-likeness (QED) is 0.898. The van der Waals surface area contributed by atoms with Crippen LogP contribution in [0.5, 0.6) is 0 Å². The van der Waals surface area contributed by atoms with Gasteiger partial charge in [0.05, 0.1) is 15.9 Å². The molecule has 1 aromatic rings. The van der Waals surface area contributed by atoms with E-state index in [1.807, 2.05) is 11.7 Å². The Kier molecular flexibility index (Phi) is 4.86. The van der Waals surface area contributed by atoms with Crippen LogP contribution in [0.15, 0.2) is 4.47 Å². The maximum atomic E-state index is 4.54. The molecule has 1 aromatic heterocycles. The Hall–Kier alpha value is -0.390. The van der Waals surface area contributed by atoms with E-state index in [-0.39, 0.29) is 11.1 Å². The summed E-state index contributed by atoms with van der Waals surface area (Å²) >= 11 is 3.71. The number of rotatable bonds is 4. The van der Waals surface area contributed by atoms with Gasteiger partial charge in [0, 0.05) is 37.8 Å². The van der Waals surface area contributed by atoms with Crippen molar-refractivity contribution in [1.82, 2.24) is 20.0 Å². The fourth-order valence-electron chi connectivity index (χ4n) is 3.42. The fraction of sp³-hybridized carbons (Fsp3) is 0.812. The van der Waals surface area contributed by atoms with Crippen molar-refractivity contribution in [2.24, 2.45) is 7.05 Å². The lowest BCUT2D eigenvalue weighted by atomic mass is 9.84. The fourth-order valence-corrected chi connectivity index (χ4v) is 3.88. The Morgan fingerprint density at radius 2 is 1.90 bits per heavy atom. The molecule has 2 rings (SSSR count). The van der Waals surface area contributed by atoms with Gasteiger partial charge in [-0.3, -0.25) is 9.58 Å². The van der Waals surface area contributed by atoms with Crippen LogP contribution in [0.4, 0.5) is 0 Å². The van der Waals surface area contributed by atoms with Gasteiger partial charge in [-0.25, -0.2) is 0 Å². The maximum Gasteiger partial charge on any atom is 0.0739 e. The lowest BCUT2D eigenvalue weighted by molar-refractivity contribution is 0.000567. The minimum atomic E-state index is 0.161. The summed E-state index contributed by atoms with van der Waals surface area (Å²) in [5.74, 6) is 0. The maximum absolute atomic E-state index is 4.54. The molecule has 1 saturated heterocycles. The van der Waals surface area contributed by atoms with E-state index in [4.69, 9.17) is 0 Å². The molecule has 0 radical (unpaired) electrons. The molecule has 0 unspecified atom stereocenters. The van der Waals surface area contributed by atoms with E-state index in [2.05, 4.69) is 65.9 Å². The Morgan fingerprint density at radius 3 is 2.38 bits per heavy atom. The molecule has 2 heterocycles. The molecule has 0 amide bonds. The van der Waals surface area contributed by atoms with Crippen LogP contribution < -0.4 is 5.32 Å². The zero-order valence-electron chi connectivity index (χ0n) is 14.3. The Balaban J connectivity index is 2.32. The average molecular weight is 357 g/mol. The Morgan fingerprint density at radius 1 is 1.29 bits per heavy atom. The zero-order chi connectivity index (χ0) is 15.8. The molecule has 21 heavy (non-hydrogen) atoms.